The average Bonchev–Trinajstić information content (AvgIpc) is 1.72. The van der Waals surface area contributed by atoms with Crippen LogP contribution in [-0.2, 0) is 0 Å². The van der Waals surface area contributed by atoms with E-state index in [0.717, 1.165) is 0 Å². The summed E-state index contributed by atoms with van der Waals surface area (Å²) in [5, 5.41) is 0. The number of quaternary nitrogens is 1. The number of hydrogen-bond acceptors (Lipinski definition) is 0. The predicted octanol–water partition coefficient (Wildman–Crippen LogP) is -6.84. The van der Waals surface area contributed by atoms with Crippen molar-refractivity contribution in [2.45, 2.75) is 6.92 Å². The Morgan fingerprint density at radius 2 is 1.71 bits per heavy atom. The van der Waals surface area contributed by atoms with Crippen molar-refractivity contribution in [3.05, 3.63) is 0 Å². The van der Waals surface area contributed by atoms with Gasteiger partial charge >= 0.3 is 67.6 Å². The predicted molar refractivity (Wildman–Crippen MR) is 23.4 cm³/mol. The molecule has 48 valence electrons. The molecule has 0 fully saturated rings. The van der Waals surface area contributed by atoms with Gasteiger partial charge in [0.05, 0.1) is 0 Å². The van der Waals surface area contributed by atoms with Crippen LogP contribution >= 0.6 is 0 Å². The molecule has 1 nitrogen and oxygen atoms in total. The van der Waals surface area contributed by atoms with Crippen molar-refractivity contribution >= 4 is 0 Å². The van der Waals surface area contributed by atoms with E-state index < -0.39 is 0 Å². The van der Waals surface area contributed by atoms with Crippen molar-refractivity contribution in [2.24, 2.45) is 0 Å². The number of halogens is 2. The molecule has 3 heteroatoms. The Morgan fingerprint density at radius 1 is 1.29 bits per heavy atom. The van der Waals surface area contributed by atoms with E-state index >= 15 is 0 Å². The summed E-state index contributed by atoms with van der Waals surface area (Å²) in [6, 6.07) is 0. The molecule has 0 rings (SSSR count). The van der Waals surface area contributed by atoms with Gasteiger partial charge in [0.15, 0.2) is 0 Å². The number of hydrogen-bond donors (Lipinski definition) is 1. The Hall–Kier alpha value is 1.42. The summed E-state index contributed by atoms with van der Waals surface area (Å²) in [5.41, 5.74) is 0. The van der Waals surface area contributed by atoms with Gasteiger partial charge in [-0.25, -0.2) is 0 Å². The number of rotatable bonds is 3. The quantitative estimate of drug-likeness (QED) is 0.299. The fraction of sp³-hybridized carbons (Fsp3) is 1.00. The SMILES string of the molecule is CC[NH+]([I-]C)[I-]C. The van der Waals surface area contributed by atoms with Crippen molar-refractivity contribution in [3.63, 3.8) is 0 Å². The monoisotopic (exact) mass is 328 g/mol. The van der Waals surface area contributed by atoms with E-state index in [0.29, 0.717) is 43.0 Å². The van der Waals surface area contributed by atoms with Crippen molar-refractivity contribution in [3.8, 4) is 0 Å². The zero-order chi connectivity index (χ0) is 5.70. The van der Waals surface area contributed by atoms with Gasteiger partial charge in [-0.1, -0.05) is 0 Å². The standard InChI is InChI=1S/C4H12I2N/c1-4-7(5-2)6-3/h7H,4H2,1-3H3/q-1. The minimum absolute atomic E-state index is 0.507. The summed E-state index contributed by atoms with van der Waals surface area (Å²) >= 11 is 1.01. The van der Waals surface area contributed by atoms with E-state index in [1.54, 1.807) is 0 Å². The first-order valence-corrected chi connectivity index (χ1v) is 8.67. The molecule has 0 aromatic heterocycles. The van der Waals surface area contributed by atoms with Gasteiger partial charge in [-0.05, 0) is 0 Å². The summed E-state index contributed by atoms with van der Waals surface area (Å²) in [5.74, 6) is 0. The molecule has 0 aliphatic carbocycles. The zero-order valence-electron chi connectivity index (χ0n) is 4.96. The first-order chi connectivity index (χ1) is 3.35. The molecule has 0 aromatic rings. The molecule has 0 atom stereocenters. The van der Waals surface area contributed by atoms with Gasteiger partial charge in [-0.15, -0.1) is 0 Å². The fourth-order valence-corrected chi connectivity index (χ4v) is 5.01. The van der Waals surface area contributed by atoms with Crippen LogP contribution < -0.4 is 44.3 Å². The third-order valence-corrected chi connectivity index (χ3v) is 10.0. The Kier molecular flexibility index (Phi) is 6.68. The normalized spacial score (nSPS) is 11.4. The van der Waals surface area contributed by atoms with Crippen LogP contribution in [0.3, 0.4) is 0 Å². The first-order valence-electron chi connectivity index (χ1n) is 2.19. The molecule has 0 amide bonds. The molecule has 0 spiro atoms. The number of alkyl halides is 2. The molecule has 0 aromatic carbocycles. The van der Waals surface area contributed by atoms with Gasteiger partial charge in [0.2, 0.25) is 0 Å². The van der Waals surface area contributed by atoms with E-state index in [2.05, 4.69) is 16.8 Å². The first kappa shape index (κ1) is 8.42. The summed E-state index contributed by atoms with van der Waals surface area (Å²) in [6.45, 7) is 3.65. The fourth-order valence-electron chi connectivity index (χ4n) is 0.339. The molecule has 1 N–H and O–H groups in total. The molecule has 0 bridgehead atoms. The van der Waals surface area contributed by atoms with Crippen LogP contribution in [0.15, 0.2) is 0 Å². The van der Waals surface area contributed by atoms with E-state index in [4.69, 9.17) is 0 Å². The Bertz CT molecular complexity index is 31.2. The van der Waals surface area contributed by atoms with Crippen molar-refractivity contribution in [1.29, 1.82) is 0 Å². The Balaban J connectivity index is 2.99. The van der Waals surface area contributed by atoms with Gasteiger partial charge in [-0.2, -0.15) is 0 Å². The zero-order valence-corrected chi connectivity index (χ0v) is 9.28. The molecule has 0 aliphatic heterocycles. The third kappa shape index (κ3) is 3.96. The molecule has 0 unspecified atom stereocenters. The van der Waals surface area contributed by atoms with Crippen LogP contribution in [0.4, 0.5) is 0 Å². The molecule has 0 aliphatic rings. The minimum atomic E-state index is 0.507. The van der Waals surface area contributed by atoms with E-state index in [-0.39, 0.29) is 0 Å². The van der Waals surface area contributed by atoms with Crippen LogP contribution in [0.2, 0.25) is 0 Å². The van der Waals surface area contributed by atoms with Gasteiger partial charge in [0.25, 0.3) is 0 Å². The Morgan fingerprint density at radius 3 is 1.71 bits per heavy atom. The third-order valence-electron chi connectivity index (χ3n) is 0.677. The van der Waals surface area contributed by atoms with Gasteiger partial charge in [-0.3, -0.25) is 0 Å². The molecular formula is C4H12I2N-. The maximum absolute atomic E-state index is 2.36. The van der Waals surface area contributed by atoms with Crippen LogP contribution in [0.25, 0.3) is 0 Å². The summed E-state index contributed by atoms with van der Waals surface area (Å²) in [7, 11) is 0. The molecule has 0 heterocycles. The van der Waals surface area contributed by atoms with Crippen LogP contribution in [-0.4, -0.2) is 16.4 Å². The van der Waals surface area contributed by atoms with Gasteiger partial charge < -0.3 is 0 Å². The van der Waals surface area contributed by atoms with E-state index in [9.17, 15) is 0 Å². The summed E-state index contributed by atoms with van der Waals surface area (Å²) < 4.78 is 1.90. The van der Waals surface area contributed by atoms with Crippen molar-refractivity contribution < 1.29 is 44.3 Å². The van der Waals surface area contributed by atoms with E-state index in [1.165, 1.54) is 6.54 Å². The summed E-state index contributed by atoms with van der Waals surface area (Å²) in [6.07, 6.45) is 0. The van der Waals surface area contributed by atoms with Gasteiger partial charge in [0.1, 0.15) is 0 Å². The number of nitrogens with one attached hydrogen (secondary N) is 1. The second-order valence-corrected chi connectivity index (χ2v) is 7.90. The van der Waals surface area contributed by atoms with Crippen LogP contribution in [0, 0.1) is 0 Å². The van der Waals surface area contributed by atoms with Crippen molar-refractivity contribution in [2.75, 3.05) is 16.4 Å². The Labute approximate surface area is 67.1 Å². The van der Waals surface area contributed by atoms with Crippen LogP contribution in [0.5, 0.6) is 0 Å². The second-order valence-electron chi connectivity index (χ2n) is 1.07. The molecular weight excluding hydrogens is 316 g/mol. The van der Waals surface area contributed by atoms with Crippen LogP contribution in [0.1, 0.15) is 6.92 Å². The summed E-state index contributed by atoms with van der Waals surface area (Å²) in [4.78, 5) is 4.72. The van der Waals surface area contributed by atoms with E-state index in [1.807, 2.05) is 1.33 Å². The topological polar surface area (TPSA) is 4.44 Å². The second kappa shape index (κ2) is 5.55. The average molecular weight is 328 g/mol. The molecule has 0 saturated heterocycles. The maximum atomic E-state index is 2.36. The van der Waals surface area contributed by atoms with Gasteiger partial charge in [0, 0.05) is 0 Å². The molecule has 0 saturated carbocycles. The molecule has 7 heavy (non-hydrogen) atoms. The molecule has 0 radical (unpaired) electrons. The van der Waals surface area contributed by atoms with Crippen molar-refractivity contribution in [1.82, 2.24) is 0 Å².